The molecule has 0 spiro atoms. The third-order valence-electron chi connectivity index (χ3n) is 3.81. The van der Waals surface area contributed by atoms with Crippen molar-refractivity contribution in [2.45, 2.75) is 13.1 Å². The summed E-state index contributed by atoms with van der Waals surface area (Å²) >= 11 is 0. The predicted octanol–water partition coefficient (Wildman–Crippen LogP) is 2.08. The zero-order valence-corrected chi connectivity index (χ0v) is 13.3. The summed E-state index contributed by atoms with van der Waals surface area (Å²) in [5.41, 5.74) is -0.293. The maximum atomic E-state index is 12.9. The summed E-state index contributed by atoms with van der Waals surface area (Å²) in [5.74, 6) is -0.820. The highest BCUT2D eigenvalue weighted by atomic mass is 19.1. The first kappa shape index (κ1) is 16.6. The molecule has 1 heterocycles. The fourth-order valence-electron chi connectivity index (χ4n) is 2.45. The van der Waals surface area contributed by atoms with Gasteiger partial charge in [-0.25, -0.2) is 4.39 Å². The average molecular weight is 338 g/mol. The number of ketones is 1. The van der Waals surface area contributed by atoms with Gasteiger partial charge in [0.15, 0.2) is 5.78 Å². The lowest BCUT2D eigenvalue weighted by Gasteiger charge is -2.09. The van der Waals surface area contributed by atoms with E-state index in [1.807, 2.05) is 30.3 Å². The zero-order valence-electron chi connectivity index (χ0n) is 13.3. The molecule has 0 aliphatic carbocycles. The number of benzene rings is 2. The Hall–Kier alpha value is -3.28. The van der Waals surface area contributed by atoms with Gasteiger partial charge in [-0.05, 0) is 29.8 Å². The molecule has 6 heteroatoms. The van der Waals surface area contributed by atoms with E-state index in [9.17, 15) is 18.8 Å². The number of nitrogens with zero attached hydrogens (tertiary/aromatic N) is 2. The zero-order chi connectivity index (χ0) is 17.8. The minimum atomic E-state index is -0.770. The van der Waals surface area contributed by atoms with Gasteiger partial charge in [-0.15, -0.1) is 0 Å². The molecule has 0 radical (unpaired) electrons. The fourth-order valence-corrected chi connectivity index (χ4v) is 2.45. The maximum Gasteiger partial charge on any atom is 0.316 e. The second-order valence-corrected chi connectivity index (χ2v) is 5.58. The van der Waals surface area contributed by atoms with E-state index in [0.717, 1.165) is 10.1 Å². The Balaban J connectivity index is 1.83. The molecule has 1 aromatic heterocycles. The van der Waals surface area contributed by atoms with Crippen LogP contribution >= 0.6 is 0 Å². The van der Waals surface area contributed by atoms with Gasteiger partial charge in [0.05, 0.1) is 13.1 Å². The van der Waals surface area contributed by atoms with E-state index in [0.29, 0.717) is 0 Å². The lowest BCUT2D eigenvalue weighted by molar-refractivity contribution is 0.0970. The van der Waals surface area contributed by atoms with E-state index in [1.54, 1.807) is 0 Å². The Morgan fingerprint density at radius 1 is 0.840 bits per heavy atom. The standard InChI is InChI=1S/C19H15FN2O3/c20-16-8-6-15(7-9-16)17(23)13-22-11-10-21(18(24)19(22)25)12-14-4-2-1-3-5-14/h1-11H,12-13H2. The highest BCUT2D eigenvalue weighted by molar-refractivity contribution is 5.95. The molecule has 3 rings (SSSR count). The Morgan fingerprint density at radius 3 is 2.12 bits per heavy atom. The van der Waals surface area contributed by atoms with Gasteiger partial charge < -0.3 is 9.13 Å². The number of aromatic nitrogens is 2. The molecule has 2 aromatic carbocycles. The smallest absolute Gasteiger partial charge is 0.305 e. The van der Waals surface area contributed by atoms with Gasteiger partial charge in [0, 0.05) is 18.0 Å². The van der Waals surface area contributed by atoms with Gasteiger partial charge in [-0.2, -0.15) is 0 Å². The van der Waals surface area contributed by atoms with E-state index in [1.165, 1.54) is 41.2 Å². The molecule has 0 aliphatic heterocycles. The first-order valence-electron chi connectivity index (χ1n) is 7.67. The Bertz CT molecular complexity index is 1010. The van der Waals surface area contributed by atoms with Gasteiger partial charge in [-0.3, -0.25) is 14.4 Å². The molecule has 0 fully saturated rings. The quantitative estimate of drug-likeness (QED) is 0.529. The average Bonchev–Trinajstić information content (AvgIpc) is 2.63. The SMILES string of the molecule is O=C(Cn1ccn(Cc2ccccc2)c(=O)c1=O)c1ccc(F)cc1. The molecule has 126 valence electrons. The molecular weight excluding hydrogens is 323 g/mol. The summed E-state index contributed by atoms with van der Waals surface area (Å²) in [6, 6.07) is 14.3. The summed E-state index contributed by atoms with van der Waals surface area (Å²) < 4.78 is 15.3. The second-order valence-electron chi connectivity index (χ2n) is 5.58. The Kier molecular flexibility index (Phi) is 4.70. The van der Waals surface area contributed by atoms with Crippen molar-refractivity contribution in [3.63, 3.8) is 0 Å². The van der Waals surface area contributed by atoms with Gasteiger partial charge in [0.2, 0.25) is 0 Å². The van der Waals surface area contributed by atoms with Crippen LogP contribution in [0.4, 0.5) is 4.39 Å². The highest BCUT2D eigenvalue weighted by Gasteiger charge is 2.11. The van der Waals surface area contributed by atoms with Crippen LogP contribution in [0.15, 0.2) is 76.6 Å². The van der Waals surface area contributed by atoms with Crippen molar-refractivity contribution in [1.29, 1.82) is 0 Å². The van der Waals surface area contributed by atoms with Crippen molar-refractivity contribution in [2.24, 2.45) is 0 Å². The van der Waals surface area contributed by atoms with E-state index < -0.39 is 16.9 Å². The van der Waals surface area contributed by atoms with Gasteiger partial charge in [0.1, 0.15) is 5.82 Å². The normalized spacial score (nSPS) is 10.6. The third-order valence-corrected chi connectivity index (χ3v) is 3.81. The molecular formula is C19H15FN2O3. The molecule has 0 saturated carbocycles. The number of Topliss-reactive ketones (excluding diaryl/α,β-unsaturated/α-hetero) is 1. The van der Waals surface area contributed by atoms with Crippen LogP contribution in [-0.4, -0.2) is 14.9 Å². The first-order valence-corrected chi connectivity index (χ1v) is 7.67. The number of hydrogen-bond acceptors (Lipinski definition) is 3. The molecule has 5 nitrogen and oxygen atoms in total. The van der Waals surface area contributed by atoms with Crippen LogP contribution in [0, 0.1) is 5.82 Å². The molecule has 0 saturated heterocycles. The topological polar surface area (TPSA) is 61.1 Å². The minimum absolute atomic E-state index is 0.272. The van der Waals surface area contributed by atoms with Crippen LogP contribution in [0.3, 0.4) is 0 Å². The van der Waals surface area contributed by atoms with E-state index in [4.69, 9.17) is 0 Å². The maximum absolute atomic E-state index is 12.9. The number of hydrogen-bond donors (Lipinski definition) is 0. The van der Waals surface area contributed by atoms with Crippen LogP contribution in [0.2, 0.25) is 0 Å². The summed E-state index contributed by atoms with van der Waals surface area (Å²) in [6.07, 6.45) is 2.89. The van der Waals surface area contributed by atoms with Crippen molar-refractivity contribution in [3.8, 4) is 0 Å². The Labute approximate surface area is 142 Å². The number of halogens is 1. The largest absolute Gasteiger partial charge is 0.316 e. The first-order chi connectivity index (χ1) is 12.0. The van der Waals surface area contributed by atoms with E-state index in [2.05, 4.69) is 0 Å². The van der Waals surface area contributed by atoms with Crippen molar-refractivity contribution < 1.29 is 9.18 Å². The minimum Gasteiger partial charge on any atom is -0.305 e. The monoisotopic (exact) mass is 338 g/mol. The summed E-state index contributed by atoms with van der Waals surface area (Å²) in [5, 5.41) is 0. The second kappa shape index (κ2) is 7.09. The predicted molar refractivity (Wildman–Crippen MR) is 91.2 cm³/mol. The molecule has 0 atom stereocenters. The van der Waals surface area contributed by atoms with Crippen LogP contribution in [0.25, 0.3) is 0 Å². The van der Waals surface area contributed by atoms with Crippen molar-refractivity contribution in [2.75, 3.05) is 0 Å². The summed E-state index contributed by atoms with van der Waals surface area (Å²) in [7, 11) is 0. The van der Waals surface area contributed by atoms with Crippen molar-refractivity contribution in [1.82, 2.24) is 9.13 Å². The van der Waals surface area contributed by atoms with Crippen LogP contribution in [-0.2, 0) is 13.1 Å². The van der Waals surface area contributed by atoms with Crippen LogP contribution in [0.5, 0.6) is 0 Å². The molecule has 0 amide bonds. The summed E-state index contributed by atoms with van der Waals surface area (Å²) in [4.78, 5) is 36.6. The third kappa shape index (κ3) is 3.80. The van der Waals surface area contributed by atoms with Crippen LogP contribution < -0.4 is 11.1 Å². The summed E-state index contributed by atoms with van der Waals surface area (Å²) in [6.45, 7) is 0.00748. The molecule has 0 unspecified atom stereocenters. The fraction of sp³-hybridized carbons (Fsp3) is 0.105. The number of carbonyl (C=O) groups is 1. The highest BCUT2D eigenvalue weighted by Crippen LogP contribution is 2.05. The molecule has 3 aromatic rings. The lowest BCUT2D eigenvalue weighted by Crippen LogP contribution is -2.41. The number of rotatable bonds is 5. The van der Waals surface area contributed by atoms with Crippen molar-refractivity contribution in [3.05, 3.63) is 105 Å². The molecule has 0 aliphatic rings. The molecule has 0 N–H and O–H groups in total. The molecule has 0 bridgehead atoms. The van der Waals surface area contributed by atoms with E-state index >= 15 is 0 Å². The van der Waals surface area contributed by atoms with Crippen molar-refractivity contribution >= 4 is 5.78 Å². The van der Waals surface area contributed by atoms with Gasteiger partial charge >= 0.3 is 11.1 Å². The Morgan fingerprint density at radius 2 is 1.44 bits per heavy atom. The number of carbonyl (C=O) groups excluding carboxylic acids is 1. The van der Waals surface area contributed by atoms with Crippen LogP contribution in [0.1, 0.15) is 15.9 Å². The van der Waals surface area contributed by atoms with E-state index in [-0.39, 0.29) is 24.4 Å². The lowest BCUT2D eigenvalue weighted by atomic mass is 10.1. The van der Waals surface area contributed by atoms with Gasteiger partial charge in [-0.1, -0.05) is 30.3 Å². The van der Waals surface area contributed by atoms with Gasteiger partial charge in [0.25, 0.3) is 0 Å². The molecule has 25 heavy (non-hydrogen) atoms.